The fraction of sp³-hybridized carbons (Fsp3) is 0.500. The Kier molecular flexibility index (Phi) is 5.24. The highest BCUT2D eigenvalue weighted by molar-refractivity contribution is 5.83. The third kappa shape index (κ3) is 3.96. The zero-order valence-corrected chi connectivity index (χ0v) is 13.3. The molecule has 2 heterocycles. The quantitative estimate of drug-likeness (QED) is 0.832. The maximum Gasteiger partial charge on any atom is 0.126 e. The van der Waals surface area contributed by atoms with E-state index in [9.17, 15) is 0 Å². The van der Waals surface area contributed by atoms with Crippen LogP contribution in [0.4, 0.5) is 5.82 Å². The molecule has 118 valence electrons. The van der Waals surface area contributed by atoms with Crippen molar-refractivity contribution in [3.8, 4) is 0 Å². The molecule has 0 bridgehead atoms. The lowest BCUT2D eigenvalue weighted by molar-refractivity contribution is 0.0373. The van der Waals surface area contributed by atoms with Crippen molar-refractivity contribution in [2.45, 2.75) is 19.8 Å². The number of fused-ring (bicyclic) bond motifs is 1. The van der Waals surface area contributed by atoms with E-state index >= 15 is 0 Å². The number of para-hydroxylation sites is 1. The first-order valence-electron chi connectivity index (χ1n) is 8.23. The lowest BCUT2D eigenvalue weighted by atomic mass is 10.1. The van der Waals surface area contributed by atoms with Crippen LogP contribution in [0.2, 0.25) is 0 Å². The van der Waals surface area contributed by atoms with Crippen molar-refractivity contribution in [1.29, 1.82) is 0 Å². The second kappa shape index (κ2) is 7.56. The molecule has 22 heavy (non-hydrogen) atoms. The number of rotatable bonds is 6. The first-order chi connectivity index (χ1) is 10.8. The number of aryl methyl sites for hydroxylation is 1. The van der Waals surface area contributed by atoms with Crippen molar-refractivity contribution in [2.24, 2.45) is 0 Å². The van der Waals surface area contributed by atoms with Crippen molar-refractivity contribution >= 4 is 16.7 Å². The van der Waals surface area contributed by atoms with E-state index in [0.717, 1.165) is 44.2 Å². The van der Waals surface area contributed by atoms with Crippen LogP contribution in [0, 0.1) is 6.92 Å². The first-order valence-corrected chi connectivity index (χ1v) is 8.23. The summed E-state index contributed by atoms with van der Waals surface area (Å²) < 4.78 is 5.37. The highest BCUT2D eigenvalue weighted by Crippen LogP contribution is 2.19. The summed E-state index contributed by atoms with van der Waals surface area (Å²) in [6, 6.07) is 10.5. The summed E-state index contributed by atoms with van der Waals surface area (Å²) in [7, 11) is 0. The van der Waals surface area contributed by atoms with Gasteiger partial charge in [-0.05, 0) is 44.0 Å². The number of anilines is 1. The number of nitrogens with zero attached hydrogens (tertiary/aromatic N) is 2. The van der Waals surface area contributed by atoms with Gasteiger partial charge < -0.3 is 10.1 Å². The molecule has 1 saturated heterocycles. The molecule has 0 atom stereocenters. The molecule has 1 fully saturated rings. The van der Waals surface area contributed by atoms with E-state index in [-0.39, 0.29) is 0 Å². The Morgan fingerprint density at radius 2 is 2.00 bits per heavy atom. The first kappa shape index (κ1) is 15.3. The zero-order chi connectivity index (χ0) is 15.2. The van der Waals surface area contributed by atoms with Crippen LogP contribution in [0.5, 0.6) is 0 Å². The normalized spacial score (nSPS) is 16.0. The maximum atomic E-state index is 5.37. The van der Waals surface area contributed by atoms with Gasteiger partial charge in [-0.1, -0.05) is 18.2 Å². The van der Waals surface area contributed by atoms with Crippen molar-refractivity contribution in [1.82, 2.24) is 9.88 Å². The molecule has 1 aromatic carbocycles. The van der Waals surface area contributed by atoms with Crippen LogP contribution in [0.1, 0.15) is 18.4 Å². The van der Waals surface area contributed by atoms with E-state index < -0.39 is 0 Å². The standard InChI is InChI=1S/C18H25N3O/c1-15-14-18(20-17-7-3-2-6-16(15)17)19-8-4-5-9-21-10-12-22-13-11-21/h2-3,6-7,14H,4-5,8-13H2,1H3,(H,19,20). The van der Waals surface area contributed by atoms with Gasteiger partial charge >= 0.3 is 0 Å². The van der Waals surface area contributed by atoms with Crippen LogP contribution in [-0.4, -0.2) is 49.3 Å². The monoisotopic (exact) mass is 299 g/mol. The number of ether oxygens (including phenoxy) is 1. The van der Waals surface area contributed by atoms with Crippen LogP contribution in [0.15, 0.2) is 30.3 Å². The van der Waals surface area contributed by atoms with Crippen LogP contribution in [0.3, 0.4) is 0 Å². The molecule has 2 aromatic rings. The molecule has 0 radical (unpaired) electrons. The predicted octanol–water partition coefficient (Wildman–Crippen LogP) is 3.07. The van der Waals surface area contributed by atoms with Gasteiger partial charge in [0.2, 0.25) is 0 Å². The molecular weight excluding hydrogens is 274 g/mol. The Hall–Kier alpha value is -1.65. The minimum Gasteiger partial charge on any atom is -0.379 e. The third-order valence-electron chi connectivity index (χ3n) is 4.23. The second-order valence-corrected chi connectivity index (χ2v) is 5.93. The molecule has 0 unspecified atom stereocenters. The minimum absolute atomic E-state index is 0.887. The number of nitrogens with one attached hydrogen (secondary N) is 1. The number of hydrogen-bond donors (Lipinski definition) is 1. The van der Waals surface area contributed by atoms with Crippen molar-refractivity contribution < 1.29 is 4.74 Å². The van der Waals surface area contributed by atoms with Crippen LogP contribution < -0.4 is 5.32 Å². The molecule has 4 nitrogen and oxygen atoms in total. The molecule has 1 aromatic heterocycles. The molecule has 1 aliphatic heterocycles. The van der Waals surface area contributed by atoms with Gasteiger partial charge in [-0.3, -0.25) is 4.90 Å². The van der Waals surface area contributed by atoms with Crippen LogP contribution in [-0.2, 0) is 4.74 Å². The summed E-state index contributed by atoms with van der Waals surface area (Å²) in [4.78, 5) is 7.17. The van der Waals surface area contributed by atoms with Crippen molar-refractivity contribution in [2.75, 3.05) is 44.7 Å². The smallest absolute Gasteiger partial charge is 0.126 e. The zero-order valence-electron chi connectivity index (χ0n) is 13.3. The van der Waals surface area contributed by atoms with E-state index in [0.29, 0.717) is 0 Å². The summed E-state index contributed by atoms with van der Waals surface area (Å²) in [5.41, 5.74) is 2.35. The van der Waals surface area contributed by atoms with E-state index in [2.05, 4.69) is 46.4 Å². The number of hydrogen-bond acceptors (Lipinski definition) is 4. The molecule has 3 rings (SSSR count). The van der Waals surface area contributed by atoms with Gasteiger partial charge in [-0.2, -0.15) is 0 Å². The van der Waals surface area contributed by atoms with Gasteiger partial charge in [0.15, 0.2) is 0 Å². The summed E-state index contributed by atoms with van der Waals surface area (Å²) >= 11 is 0. The van der Waals surface area contributed by atoms with Crippen molar-refractivity contribution in [3.63, 3.8) is 0 Å². The average Bonchev–Trinajstić information content (AvgIpc) is 2.56. The molecule has 0 aliphatic carbocycles. The summed E-state index contributed by atoms with van der Waals surface area (Å²) in [6.45, 7) is 8.24. The van der Waals surface area contributed by atoms with Gasteiger partial charge in [-0.15, -0.1) is 0 Å². The summed E-state index contributed by atoms with van der Waals surface area (Å²) in [5, 5.41) is 4.70. The van der Waals surface area contributed by atoms with Crippen LogP contribution in [0.25, 0.3) is 10.9 Å². The van der Waals surface area contributed by atoms with E-state index in [1.807, 2.05) is 6.07 Å². The Balaban J connectivity index is 1.45. The van der Waals surface area contributed by atoms with Gasteiger partial charge in [0.05, 0.1) is 18.7 Å². The Labute approximate surface area is 132 Å². The highest BCUT2D eigenvalue weighted by Gasteiger charge is 2.09. The van der Waals surface area contributed by atoms with Crippen molar-refractivity contribution in [3.05, 3.63) is 35.9 Å². The van der Waals surface area contributed by atoms with E-state index in [1.54, 1.807) is 0 Å². The average molecular weight is 299 g/mol. The SMILES string of the molecule is Cc1cc(NCCCCN2CCOCC2)nc2ccccc12. The topological polar surface area (TPSA) is 37.4 Å². The van der Waals surface area contributed by atoms with Gasteiger partial charge in [0.1, 0.15) is 5.82 Å². The lowest BCUT2D eigenvalue weighted by Gasteiger charge is -2.26. The number of morpholine rings is 1. The number of aromatic nitrogens is 1. The highest BCUT2D eigenvalue weighted by atomic mass is 16.5. The largest absolute Gasteiger partial charge is 0.379 e. The molecular formula is C18H25N3O. The third-order valence-corrected chi connectivity index (χ3v) is 4.23. The molecule has 0 spiro atoms. The van der Waals surface area contributed by atoms with Gasteiger partial charge in [0.25, 0.3) is 0 Å². The number of benzene rings is 1. The molecule has 0 saturated carbocycles. The number of unbranched alkanes of at least 4 members (excludes halogenated alkanes) is 1. The minimum atomic E-state index is 0.887. The molecule has 1 aliphatic rings. The second-order valence-electron chi connectivity index (χ2n) is 5.93. The summed E-state index contributed by atoms with van der Waals surface area (Å²) in [5.74, 6) is 0.988. The lowest BCUT2D eigenvalue weighted by Crippen LogP contribution is -2.36. The van der Waals surface area contributed by atoms with Gasteiger partial charge in [-0.25, -0.2) is 4.98 Å². The predicted molar refractivity (Wildman–Crippen MR) is 91.5 cm³/mol. The van der Waals surface area contributed by atoms with Crippen LogP contribution >= 0.6 is 0 Å². The van der Waals surface area contributed by atoms with Gasteiger partial charge in [0, 0.05) is 25.0 Å². The molecule has 0 amide bonds. The maximum absolute atomic E-state index is 5.37. The molecule has 1 N–H and O–H groups in total. The fourth-order valence-corrected chi connectivity index (χ4v) is 2.94. The van der Waals surface area contributed by atoms with E-state index in [4.69, 9.17) is 4.74 Å². The fourth-order valence-electron chi connectivity index (χ4n) is 2.94. The molecule has 4 heteroatoms. The Bertz CT molecular complexity index is 608. The number of pyridine rings is 1. The Morgan fingerprint density at radius 3 is 2.86 bits per heavy atom. The Morgan fingerprint density at radius 1 is 1.18 bits per heavy atom. The van der Waals surface area contributed by atoms with E-state index in [1.165, 1.54) is 30.3 Å². The summed E-state index contributed by atoms with van der Waals surface area (Å²) in [6.07, 6.45) is 2.39.